The van der Waals surface area contributed by atoms with Gasteiger partial charge in [-0.1, -0.05) is 32.9 Å². The van der Waals surface area contributed by atoms with Crippen LogP contribution in [-0.2, 0) is 17.3 Å². The van der Waals surface area contributed by atoms with Crippen LogP contribution in [0.2, 0.25) is 0 Å². The fraction of sp³-hybridized carbons (Fsp3) is 0.476. The highest BCUT2D eigenvalue weighted by Gasteiger charge is 2.28. The first kappa shape index (κ1) is 17.7. The topological polar surface area (TPSA) is 37.3 Å². The number of amides is 1. The number of hydrogen-bond donors (Lipinski definition) is 1. The molecule has 0 radical (unpaired) electrons. The molecule has 1 aromatic carbocycles. The van der Waals surface area contributed by atoms with Crippen LogP contribution in [0.3, 0.4) is 0 Å². The van der Waals surface area contributed by atoms with E-state index in [1.807, 2.05) is 12.1 Å². The van der Waals surface area contributed by atoms with Crippen molar-refractivity contribution in [3.63, 3.8) is 0 Å². The van der Waals surface area contributed by atoms with Crippen molar-refractivity contribution >= 4 is 11.6 Å². The Morgan fingerprint density at radius 1 is 1.20 bits per heavy atom. The minimum Gasteiger partial charge on any atom is -0.353 e. The molecule has 25 heavy (non-hydrogen) atoms. The van der Waals surface area contributed by atoms with Gasteiger partial charge in [0.15, 0.2) is 0 Å². The lowest BCUT2D eigenvalue weighted by atomic mass is 9.87. The summed E-state index contributed by atoms with van der Waals surface area (Å²) < 4.78 is 2.16. The second-order valence-corrected chi connectivity index (χ2v) is 8.05. The Balaban J connectivity index is 1.61. The van der Waals surface area contributed by atoms with Gasteiger partial charge in [-0.15, -0.1) is 0 Å². The van der Waals surface area contributed by atoms with Crippen LogP contribution in [0.1, 0.15) is 50.9 Å². The zero-order valence-corrected chi connectivity index (χ0v) is 15.7. The minimum absolute atomic E-state index is 0.0598. The first-order chi connectivity index (χ1) is 11.8. The molecule has 4 heteroatoms. The number of carbonyl (C=O) groups is 1. The molecule has 0 bridgehead atoms. The molecular weight excluding hydrogens is 310 g/mol. The average molecular weight is 339 g/mol. The Hall–Kier alpha value is -2.07. The van der Waals surface area contributed by atoms with Crippen molar-refractivity contribution in [3.8, 4) is 0 Å². The van der Waals surface area contributed by atoms with Crippen LogP contribution in [0.15, 0.2) is 42.6 Å². The van der Waals surface area contributed by atoms with Crippen molar-refractivity contribution in [2.75, 3.05) is 18.4 Å². The highest BCUT2D eigenvalue weighted by atomic mass is 16.2. The lowest BCUT2D eigenvalue weighted by Crippen LogP contribution is -2.33. The molecule has 2 heterocycles. The molecule has 2 aromatic rings. The molecule has 1 atom stereocenters. The van der Waals surface area contributed by atoms with Crippen LogP contribution in [-0.4, -0.2) is 28.5 Å². The van der Waals surface area contributed by atoms with Crippen molar-refractivity contribution < 1.29 is 4.79 Å². The SMILES string of the molecule is Cn1cccc1[C@H]1CCCN1CC(=O)Nc1ccc(C(C)(C)C)cc1. The van der Waals surface area contributed by atoms with Crippen LogP contribution in [0.25, 0.3) is 0 Å². The lowest BCUT2D eigenvalue weighted by molar-refractivity contribution is -0.117. The van der Waals surface area contributed by atoms with E-state index in [2.05, 4.69) is 73.1 Å². The molecule has 1 fully saturated rings. The van der Waals surface area contributed by atoms with E-state index in [0.29, 0.717) is 12.6 Å². The molecule has 1 amide bonds. The Bertz CT molecular complexity index is 724. The number of carbonyl (C=O) groups excluding carboxylic acids is 1. The van der Waals surface area contributed by atoms with Crippen molar-refractivity contribution in [1.82, 2.24) is 9.47 Å². The Morgan fingerprint density at radius 2 is 1.92 bits per heavy atom. The largest absolute Gasteiger partial charge is 0.353 e. The first-order valence-corrected chi connectivity index (χ1v) is 9.10. The maximum absolute atomic E-state index is 12.5. The van der Waals surface area contributed by atoms with Gasteiger partial charge in [0.05, 0.1) is 12.6 Å². The van der Waals surface area contributed by atoms with Gasteiger partial charge in [0.25, 0.3) is 0 Å². The van der Waals surface area contributed by atoms with Crippen molar-refractivity contribution in [1.29, 1.82) is 0 Å². The molecule has 4 nitrogen and oxygen atoms in total. The molecule has 1 aliphatic heterocycles. The molecule has 1 N–H and O–H groups in total. The molecule has 1 aliphatic rings. The van der Waals surface area contributed by atoms with E-state index < -0.39 is 0 Å². The van der Waals surface area contributed by atoms with Gasteiger partial charge in [0.2, 0.25) is 5.91 Å². The third-order valence-electron chi connectivity index (χ3n) is 5.07. The van der Waals surface area contributed by atoms with E-state index in [9.17, 15) is 4.79 Å². The summed E-state index contributed by atoms with van der Waals surface area (Å²) in [4.78, 5) is 14.8. The standard InChI is InChI=1S/C21H29N3O/c1-21(2,3)16-9-11-17(12-10-16)22-20(25)15-24-14-6-8-19(24)18-7-5-13-23(18)4/h5,7,9-13,19H,6,8,14-15H2,1-4H3,(H,22,25)/t19-/m1/s1. The first-order valence-electron chi connectivity index (χ1n) is 9.10. The molecule has 134 valence electrons. The molecule has 3 rings (SSSR count). The third kappa shape index (κ3) is 4.13. The van der Waals surface area contributed by atoms with Gasteiger partial charge >= 0.3 is 0 Å². The van der Waals surface area contributed by atoms with Gasteiger partial charge in [0, 0.05) is 24.6 Å². The Morgan fingerprint density at radius 3 is 2.52 bits per heavy atom. The van der Waals surface area contributed by atoms with E-state index in [4.69, 9.17) is 0 Å². The molecule has 0 unspecified atom stereocenters. The normalized spacial score (nSPS) is 18.5. The van der Waals surface area contributed by atoms with E-state index in [0.717, 1.165) is 25.1 Å². The number of benzene rings is 1. The van der Waals surface area contributed by atoms with E-state index >= 15 is 0 Å². The monoisotopic (exact) mass is 339 g/mol. The number of nitrogens with one attached hydrogen (secondary N) is 1. The minimum atomic E-state index is 0.0598. The highest BCUT2D eigenvalue weighted by molar-refractivity contribution is 5.92. The summed E-state index contributed by atoms with van der Waals surface area (Å²) in [6.07, 6.45) is 4.33. The van der Waals surface area contributed by atoms with E-state index in [-0.39, 0.29) is 11.3 Å². The number of aromatic nitrogens is 1. The van der Waals surface area contributed by atoms with Gasteiger partial charge in [0.1, 0.15) is 0 Å². The second-order valence-electron chi connectivity index (χ2n) is 8.05. The summed E-state index contributed by atoms with van der Waals surface area (Å²) in [7, 11) is 2.07. The molecular formula is C21H29N3O. The molecule has 1 aromatic heterocycles. The maximum atomic E-state index is 12.5. The zero-order valence-electron chi connectivity index (χ0n) is 15.7. The van der Waals surface area contributed by atoms with Gasteiger partial charge < -0.3 is 9.88 Å². The van der Waals surface area contributed by atoms with Gasteiger partial charge in [-0.05, 0) is 54.6 Å². The van der Waals surface area contributed by atoms with Crippen LogP contribution in [0.5, 0.6) is 0 Å². The molecule has 0 saturated carbocycles. The van der Waals surface area contributed by atoms with Crippen molar-refractivity contribution in [2.45, 2.75) is 45.1 Å². The number of rotatable bonds is 4. The van der Waals surface area contributed by atoms with Gasteiger partial charge in [-0.25, -0.2) is 0 Å². The highest BCUT2D eigenvalue weighted by Crippen LogP contribution is 2.31. The summed E-state index contributed by atoms with van der Waals surface area (Å²) in [6.45, 7) is 8.00. The summed E-state index contributed by atoms with van der Waals surface area (Å²) >= 11 is 0. The zero-order chi connectivity index (χ0) is 18.0. The Labute approximate surface area is 150 Å². The number of aryl methyl sites for hydroxylation is 1. The van der Waals surface area contributed by atoms with Crippen LogP contribution >= 0.6 is 0 Å². The number of hydrogen-bond acceptors (Lipinski definition) is 2. The fourth-order valence-corrected chi connectivity index (χ4v) is 3.61. The molecule has 1 saturated heterocycles. The Kier molecular flexibility index (Phi) is 5.00. The summed E-state index contributed by atoms with van der Waals surface area (Å²) in [5, 5.41) is 3.04. The second kappa shape index (κ2) is 7.04. The number of likely N-dealkylation sites (tertiary alicyclic amines) is 1. The number of nitrogens with zero attached hydrogens (tertiary/aromatic N) is 2. The van der Waals surface area contributed by atoms with Crippen molar-refractivity contribution in [2.24, 2.45) is 7.05 Å². The average Bonchev–Trinajstić information content (AvgIpc) is 3.15. The smallest absolute Gasteiger partial charge is 0.238 e. The van der Waals surface area contributed by atoms with E-state index in [1.165, 1.54) is 11.3 Å². The van der Waals surface area contributed by atoms with Crippen LogP contribution in [0, 0.1) is 0 Å². The quantitative estimate of drug-likeness (QED) is 0.910. The van der Waals surface area contributed by atoms with Crippen LogP contribution < -0.4 is 5.32 Å². The maximum Gasteiger partial charge on any atom is 0.238 e. The van der Waals surface area contributed by atoms with Gasteiger partial charge in [-0.2, -0.15) is 0 Å². The predicted octanol–water partition coefficient (Wildman–Crippen LogP) is 4.10. The summed E-state index contributed by atoms with van der Waals surface area (Å²) in [5.41, 5.74) is 3.56. The number of anilines is 1. The molecule has 0 spiro atoms. The predicted molar refractivity (Wildman–Crippen MR) is 103 cm³/mol. The third-order valence-corrected chi connectivity index (χ3v) is 5.07. The summed E-state index contributed by atoms with van der Waals surface area (Å²) in [6, 6.07) is 12.8. The van der Waals surface area contributed by atoms with E-state index in [1.54, 1.807) is 0 Å². The van der Waals surface area contributed by atoms with Crippen molar-refractivity contribution in [3.05, 3.63) is 53.9 Å². The fourth-order valence-electron chi connectivity index (χ4n) is 3.61. The molecule has 0 aliphatic carbocycles. The lowest BCUT2D eigenvalue weighted by Gasteiger charge is -2.24. The van der Waals surface area contributed by atoms with Crippen LogP contribution in [0.4, 0.5) is 5.69 Å². The summed E-state index contributed by atoms with van der Waals surface area (Å²) in [5.74, 6) is 0.0598. The van der Waals surface area contributed by atoms with Gasteiger partial charge in [-0.3, -0.25) is 9.69 Å².